The van der Waals surface area contributed by atoms with Gasteiger partial charge in [-0.1, -0.05) is 0 Å². The third kappa shape index (κ3) is 3.55. The van der Waals surface area contributed by atoms with Gasteiger partial charge in [0.25, 0.3) is 0 Å². The molecule has 4 aliphatic carbocycles. The highest BCUT2D eigenvalue weighted by Gasteiger charge is 2.54. The number of hydrogen-bond acceptors (Lipinski definition) is 5. The lowest BCUT2D eigenvalue weighted by Gasteiger charge is -2.55. The van der Waals surface area contributed by atoms with Crippen LogP contribution in [0.1, 0.15) is 44.3 Å². The van der Waals surface area contributed by atoms with Crippen molar-refractivity contribution >= 4 is 11.6 Å². The zero-order chi connectivity index (χ0) is 21.7. The van der Waals surface area contributed by atoms with Gasteiger partial charge in [0.05, 0.1) is 5.41 Å². The number of aryl methyl sites for hydroxylation is 1. The lowest BCUT2D eigenvalue weighted by atomic mass is 9.49. The van der Waals surface area contributed by atoms with Crippen molar-refractivity contribution in [3.8, 4) is 17.4 Å². The number of carbonyl (C=O) groups is 1. The molecule has 0 saturated heterocycles. The summed E-state index contributed by atoms with van der Waals surface area (Å²) < 4.78 is 7.62. The van der Waals surface area contributed by atoms with Crippen LogP contribution in [-0.4, -0.2) is 25.7 Å². The number of anilines is 1. The summed E-state index contributed by atoms with van der Waals surface area (Å²) in [7, 11) is 0. The van der Waals surface area contributed by atoms with E-state index in [9.17, 15) is 4.79 Å². The molecule has 1 amide bonds. The second-order valence-electron chi connectivity index (χ2n) is 9.84. The highest BCUT2D eigenvalue weighted by atomic mass is 16.5. The van der Waals surface area contributed by atoms with Gasteiger partial charge in [0.2, 0.25) is 11.8 Å². The maximum atomic E-state index is 13.3. The van der Waals surface area contributed by atoms with Gasteiger partial charge in [0.15, 0.2) is 5.82 Å². The van der Waals surface area contributed by atoms with E-state index in [4.69, 9.17) is 4.74 Å². The second kappa shape index (κ2) is 7.43. The molecule has 0 spiro atoms. The monoisotopic (exact) mass is 429 g/mol. The van der Waals surface area contributed by atoms with Gasteiger partial charge in [0.1, 0.15) is 11.6 Å². The summed E-state index contributed by atoms with van der Waals surface area (Å²) in [6.07, 6.45) is 10.7. The molecule has 2 heterocycles. The summed E-state index contributed by atoms with van der Waals surface area (Å²) in [4.78, 5) is 22.0. The average molecular weight is 430 g/mol. The number of carbonyl (C=O) groups excluding carboxylic acids is 1. The number of nitrogens with one attached hydrogen (secondary N) is 1. The van der Waals surface area contributed by atoms with Crippen LogP contribution >= 0.6 is 0 Å². The van der Waals surface area contributed by atoms with Crippen LogP contribution < -0.4 is 10.1 Å². The van der Waals surface area contributed by atoms with Gasteiger partial charge in [-0.2, -0.15) is 10.1 Å². The lowest BCUT2D eigenvalue weighted by Crippen LogP contribution is -2.51. The first-order chi connectivity index (χ1) is 15.5. The molecule has 0 atom stereocenters. The molecule has 4 bridgehead atoms. The van der Waals surface area contributed by atoms with Crippen LogP contribution in [0.25, 0.3) is 5.82 Å². The van der Waals surface area contributed by atoms with Crippen molar-refractivity contribution in [3.05, 3.63) is 54.6 Å². The SMILES string of the molecule is Cc1nc(Oc2ccc(NC(=O)C34CC5CC(CC(C5)C3)C4)cc2)cc(-n2cccn2)n1. The summed E-state index contributed by atoms with van der Waals surface area (Å²) in [5.41, 5.74) is 0.667. The molecular weight excluding hydrogens is 402 g/mol. The Morgan fingerprint density at radius 1 is 1.06 bits per heavy atom. The molecule has 7 rings (SSSR count). The Bertz CT molecular complexity index is 1100. The van der Waals surface area contributed by atoms with Crippen molar-refractivity contribution < 1.29 is 9.53 Å². The van der Waals surface area contributed by atoms with Gasteiger partial charge < -0.3 is 10.1 Å². The number of benzene rings is 1. The first-order valence-corrected chi connectivity index (χ1v) is 11.5. The molecule has 0 aliphatic heterocycles. The average Bonchev–Trinajstić information content (AvgIpc) is 3.29. The van der Waals surface area contributed by atoms with Crippen molar-refractivity contribution in [2.45, 2.75) is 45.4 Å². The summed E-state index contributed by atoms with van der Waals surface area (Å²) in [6, 6.07) is 11.1. The Hall–Kier alpha value is -3.22. The Morgan fingerprint density at radius 2 is 1.75 bits per heavy atom. The van der Waals surface area contributed by atoms with E-state index in [1.54, 1.807) is 16.9 Å². The molecular formula is C25H27N5O2. The molecule has 32 heavy (non-hydrogen) atoms. The molecule has 1 N–H and O–H groups in total. The normalized spacial score (nSPS) is 28.0. The first kappa shape index (κ1) is 19.5. The number of rotatable bonds is 5. The zero-order valence-corrected chi connectivity index (χ0v) is 18.2. The fraction of sp³-hybridized carbons (Fsp3) is 0.440. The van der Waals surface area contributed by atoms with Gasteiger partial charge in [-0.25, -0.2) is 9.67 Å². The predicted molar refractivity (Wildman–Crippen MR) is 120 cm³/mol. The maximum absolute atomic E-state index is 13.3. The number of nitrogens with zero attached hydrogens (tertiary/aromatic N) is 4. The number of aromatic nitrogens is 4. The van der Waals surface area contributed by atoms with E-state index < -0.39 is 0 Å². The van der Waals surface area contributed by atoms with E-state index in [1.807, 2.05) is 43.5 Å². The van der Waals surface area contributed by atoms with Gasteiger partial charge in [-0.05, 0) is 93.5 Å². The van der Waals surface area contributed by atoms with Crippen LogP contribution in [0.4, 0.5) is 5.69 Å². The molecule has 7 heteroatoms. The van der Waals surface area contributed by atoms with Gasteiger partial charge in [-0.15, -0.1) is 0 Å². The van der Waals surface area contributed by atoms with E-state index in [2.05, 4.69) is 20.4 Å². The summed E-state index contributed by atoms with van der Waals surface area (Å²) >= 11 is 0. The second-order valence-corrected chi connectivity index (χ2v) is 9.84. The topological polar surface area (TPSA) is 81.9 Å². The Balaban J connectivity index is 1.15. The van der Waals surface area contributed by atoms with Gasteiger partial charge >= 0.3 is 0 Å². The summed E-state index contributed by atoms with van der Waals surface area (Å²) in [5, 5.41) is 7.41. The molecule has 0 radical (unpaired) electrons. The molecule has 4 saturated carbocycles. The van der Waals surface area contributed by atoms with Crippen molar-refractivity contribution in [1.29, 1.82) is 0 Å². The molecule has 0 unspecified atom stereocenters. The Labute approximate surface area is 187 Å². The third-order valence-electron chi connectivity index (χ3n) is 7.39. The fourth-order valence-corrected chi connectivity index (χ4v) is 6.48. The Kier molecular flexibility index (Phi) is 4.52. The summed E-state index contributed by atoms with van der Waals surface area (Å²) in [6.45, 7) is 1.82. The summed E-state index contributed by atoms with van der Waals surface area (Å²) in [5.74, 6) is 4.84. The highest BCUT2D eigenvalue weighted by Crippen LogP contribution is 2.60. The van der Waals surface area contributed by atoms with E-state index >= 15 is 0 Å². The quantitative estimate of drug-likeness (QED) is 0.623. The van der Waals surface area contributed by atoms with Crippen molar-refractivity contribution in [1.82, 2.24) is 19.7 Å². The minimum Gasteiger partial charge on any atom is -0.439 e. The molecule has 3 aromatic rings. The van der Waals surface area contributed by atoms with E-state index in [1.165, 1.54) is 19.3 Å². The molecule has 1 aromatic carbocycles. The largest absolute Gasteiger partial charge is 0.439 e. The smallest absolute Gasteiger partial charge is 0.230 e. The van der Waals surface area contributed by atoms with E-state index in [0.29, 0.717) is 23.3 Å². The van der Waals surface area contributed by atoms with Crippen LogP contribution in [0, 0.1) is 30.1 Å². The maximum Gasteiger partial charge on any atom is 0.230 e. The fourth-order valence-electron chi connectivity index (χ4n) is 6.48. The van der Waals surface area contributed by atoms with Gasteiger partial charge in [0, 0.05) is 24.1 Å². The van der Waals surface area contributed by atoms with Gasteiger partial charge in [-0.3, -0.25) is 4.79 Å². The zero-order valence-electron chi connectivity index (χ0n) is 18.2. The minimum absolute atomic E-state index is 0.148. The van der Waals surface area contributed by atoms with Crippen LogP contribution in [0.2, 0.25) is 0 Å². The van der Waals surface area contributed by atoms with Crippen LogP contribution in [0.15, 0.2) is 48.8 Å². The van der Waals surface area contributed by atoms with Crippen molar-refractivity contribution in [2.75, 3.05) is 5.32 Å². The van der Waals surface area contributed by atoms with Crippen LogP contribution in [0.5, 0.6) is 11.6 Å². The number of hydrogen-bond donors (Lipinski definition) is 1. The number of amides is 1. The molecule has 164 valence electrons. The molecule has 4 aliphatic rings. The first-order valence-electron chi connectivity index (χ1n) is 11.5. The molecule has 2 aromatic heterocycles. The molecule has 4 fully saturated rings. The standard InChI is InChI=1S/C25H27N5O2/c1-16-27-22(30-8-2-7-26-30)12-23(28-16)32-21-5-3-20(4-6-21)29-24(31)25-13-17-9-18(14-25)11-19(10-17)15-25/h2-8,12,17-19H,9-11,13-15H2,1H3,(H,29,31). The van der Waals surface area contributed by atoms with Crippen LogP contribution in [0.3, 0.4) is 0 Å². The Morgan fingerprint density at radius 3 is 2.38 bits per heavy atom. The predicted octanol–water partition coefficient (Wildman–Crippen LogP) is 4.92. The van der Waals surface area contributed by atoms with Crippen molar-refractivity contribution in [3.63, 3.8) is 0 Å². The van der Waals surface area contributed by atoms with E-state index in [-0.39, 0.29) is 11.3 Å². The van der Waals surface area contributed by atoms with Crippen LogP contribution in [-0.2, 0) is 4.79 Å². The van der Waals surface area contributed by atoms with E-state index in [0.717, 1.165) is 42.7 Å². The lowest BCUT2D eigenvalue weighted by molar-refractivity contribution is -0.140. The van der Waals surface area contributed by atoms with Crippen molar-refractivity contribution in [2.24, 2.45) is 23.2 Å². The molecule has 7 nitrogen and oxygen atoms in total. The highest BCUT2D eigenvalue weighted by molar-refractivity contribution is 5.95. The third-order valence-corrected chi connectivity index (χ3v) is 7.39. The number of ether oxygens (including phenoxy) is 1. The minimum atomic E-state index is -0.148.